The second kappa shape index (κ2) is 7.18. The number of aryl methyl sites for hydroxylation is 1. The number of nitrogens with two attached hydrogens (primary N) is 1. The van der Waals surface area contributed by atoms with Gasteiger partial charge in [-0.25, -0.2) is 0 Å². The molecule has 0 aliphatic rings. The van der Waals surface area contributed by atoms with Gasteiger partial charge in [-0.1, -0.05) is 26.0 Å². The first-order valence-electron chi connectivity index (χ1n) is 7.80. The van der Waals surface area contributed by atoms with Crippen molar-refractivity contribution in [3.05, 3.63) is 53.6 Å². The van der Waals surface area contributed by atoms with Crippen molar-refractivity contribution in [2.75, 3.05) is 11.1 Å². The first-order valence-corrected chi connectivity index (χ1v) is 7.80. The van der Waals surface area contributed by atoms with Crippen molar-refractivity contribution in [2.24, 2.45) is 0 Å². The van der Waals surface area contributed by atoms with E-state index in [2.05, 4.69) is 19.2 Å². The van der Waals surface area contributed by atoms with Crippen LogP contribution in [0.25, 0.3) is 0 Å². The molecule has 4 heteroatoms. The fourth-order valence-electron chi connectivity index (χ4n) is 2.25. The molecule has 2 aromatic rings. The minimum atomic E-state index is -0.586. The lowest BCUT2D eigenvalue weighted by atomic mass is 10.0. The average molecular weight is 312 g/mol. The van der Waals surface area contributed by atoms with Gasteiger partial charge in [0.15, 0.2) is 6.10 Å². The van der Waals surface area contributed by atoms with Crippen LogP contribution in [0.2, 0.25) is 0 Å². The van der Waals surface area contributed by atoms with Gasteiger partial charge < -0.3 is 15.8 Å². The number of amides is 1. The summed E-state index contributed by atoms with van der Waals surface area (Å²) in [7, 11) is 0. The summed E-state index contributed by atoms with van der Waals surface area (Å²) in [5, 5.41) is 2.87. The lowest BCUT2D eigenvalue weighted by Crippen LogP contribution is -2.30. The highest BCUT2D eigenvalue weighted by atomic mass is 16.5. The van der Waals surface area contributed by atoms with Crippen molar-refractivity contribution >= 4 is 17.3 Å². The van der Waals surface area contributed by atoms with Crippen LogP contribution >= 0.6 is 0 Å². The molecule has 0 saturated heterocycles. The standard InChI is InChI=1S/C19H24N2O2/c1-12(2)15-5-8-17(9-6-15)23-14(4)19(22)21-18-10-7-16(20)11-13(18)3/h5-12,14H,20H2,1-4H3,(H,21,22)/t14-/m1/s1. The predicted octanol–water partition coefficient (Wildman–Crippen LogP) is 4.11. The minimum absolute atomic E-state index is 0.189. The van der Waals surface area contributed by atoms with E-state index in [1.54, 1.807) is 19.1 Å². The first kappa shape index (κ1) is 16.9. The van der Waals surface area contributed by atoms with Crippen molar-refractivity contribution < 1.29 is 9.53 Å². The van der Waals surface area contributed by atoms with Gasteiger partial charge >= 0.3 is 0 Å². The summed E-state index contributed by atoms with van der Waals surface area (Å²) in [6, 6.07) is 13.2. The van der Waals surface area contributed by atoms with Gasteiger partial charge in [-0.05, 0) is 61.2 Å². The molecule has 1 atom stereocenters. The van der Waals surface area contributed by atoms with Crippen LogP contribution in [-0.4, -0.2) is 12.0 Å². The van der Waals surface area contributed by atoms with Gasteiger partial charge in [-0.15, -0.1) is 0 Å². The number of nitrogens with one attached hydrogen (secondary N) is 1. The van der Waals surface area contributed by atoms with E-state index in [-0.39, 0.29) is 5.91 Å². The van der Waals surface area contributed by atoms with Crippen LogP contribution in [-0.2, 0) is 4.79 Å². The Labute approximate surface area is 137 Å². The zero-order chi connectivity index (χ0) is 17.0. The predicted molar refractivity (Wildman–Crippen MR) is 94.8 cm³/mol. The summed E-state index contributed by atoms with van der Waals surface area (Å²) < 4.78 is 5.71. The Kier molecular flexibility index (Phi) is 5.27. The molecule has 0 saturated carbocycles. The summed E-state index contributed by atoms with van der Waals surface area (Å²) in [5.41, 5.74) is 9.30. The van der Waals surface area contributed by atoms with E-state index in [4.69, 9.17) is 10.5 Å². The third kappa shape index (κ3) is 4.49. The molecule has 0 aliphatic heterocycles. The fraction of sp³-hybridized carbons (Fsp3) is 0.316. The molecule has 4 nitrogen and oxygen atoms in total. The van der Waals surface area contributed by atoms with E-state index in [1.165, 1.54) is 5.56 Å². The van der Waals surface area contributed by atoms with E-state index in [0.29, 0.717) is 17.4 Å². The molecular formula is C19H24N2O2. The van der Waals surface area contributed by atoms with E-state index >= 15 is 0 Å². The number of benzene rings is 2. The number of anilines is 2. The van der Waals surface area contributed by atoms with E-state index in [0.717, 1.165) is 11.3 Å². The molecule has 1 amide bonds. The second-order valence-electron chi connectivity index (χ2n) is 6.05. The zero-order valence-electron chi connectivity index (χ0n) is 14.1. The molecule has 0 fully saturated rings. The Bertz CT molecular complexity index is 678. The number of carbonyl (C=O) groups excluding carboxylic acids is 1. The van der Waals surface area contributed by atoms with Crippen LogP contribution in [0.5, 0.6) is 5.75 Å². The molecular weight excluding hydrogens is 288 g/mol. The van der Waals surface area contributed by atoms with E-state index in [1.807, 2.05) is 37.3 Å². The van der Waals surface area contributed by atoms with Gasteiger partial charge in [0.05, 0.1) is 0 Å². The van der Waals surface area contributed by atoms with Gasteiger partial charge in [0.1, 0.15) is 5.75 Å². The normalized spacial score (nSPS) is 12.0. The lowest BCUT2D eigenvalue weighted by Gasteiger charge is -2.16. The molecule has 2 aromatic carbocycles. The van der Waals surface area contributed by atoms with Gasteiger partial charge in [-0.3, -0.25) is 4.79 Å². The molecule has 0 heterocycles. The maximum atomic E-state index is 12.3. The molecule has 122 valence electrons. The van der Waals surface area contributed by atoms with Gasteiger partial charge in [-0.2, -0.15) is 0 Å². The van der Waals surface area contributed by atoms with Crippen molar-refractivity contribution in [3.8, 4) is 5.75 Å². The molecule has 23 heavy (non-hydrogen) atoms. The minimum Gasteiger partial charge on any atom is -0.481 e. The maximum Gasteiger partial charge on any atom is 0.265 e. The Morgan fingerprint density at radius 1 is 1.09 bits per heavy atom. The third-order valence-electron chi connectivity index (χ3n) is 3.74. The molecule has 0 aromatic heterocycles. The van der Waals surface area contributed by atoms with Gasteiger partial charge in [0.2, 0.25) is 0 Å². The van der Waals surface area contributed by atoms with E-state index in [9.17, 15) is 4.79 Å². The van der Waals surface area contributed by atoms with Crippen LogP contribution in [0, 0.1) is 6.92 Å². The van der Waals surface area contributed by atoms with Crippen LogP contribution in [0.1, 0.15) is 37.8 Å². The highest BCUT2D eigenvalue weighted by Crippen LogP contribution is 2.21. The highest BCUT2D eigenvalue weighted by Gasteiger charge is 2.16. The largest absolute Gasteiger partial charge is 0.481 e. The molecule has 2 rings (SSSR count). The quantitative estimate of drug-likeness (QED) is 0.817. The Balaban J connectivity index is 1.99. The van der Waals surface area contributed by atoms with E-state index < -0.39 is 6.10 Å². The molecule has 0 aliphatic carbocycles. The Hall–Kier alpha value is -2.49. The number of hydrogen-bond acceptors (Lipinski definition) is 3. The topological polar surface area (TPSA) is 64.3 Å². The Morgan fingerprint density at radius 2 is 1.74 bits per heavy atom. The van der Waals surface area contributed by atoms with Crippen LogP contribution in [0.3, 0.4) is 0 Å². The first-order chi connectivity index (χ1) is 10.9. The number of hydrogen-bond donors (Lipinski definition) is 2. The van der Waals surface area contributed by atoms with Gasteiger partial charge in [0, 0.05) is 11.4 Å². The SMILES string of the molecule is Cc1cc(N)ccc1NC(=O)[C@@H](C)Oc1ccc(C(C)C)cc1. The lowest BCUT2D eigenvalue weighted by molar-refractivity contribution is -0.122. The van der Waals surface area contributed by atoms with Crippen molar-refractivity contribution in [1.82, 2.24) is 0 Å². The summed E-state index contributed by atoms with van der Waals surface area (Å²) in [6.45, 7) is 7.92. The average Bonchev–Trinajstić information content (AvgIpc) is 2.50. The molecule has 0 unspecified atom stereocenters. The third-order valence-corrected chi connectivity index (χ3v) is 3.74. The summed E-state index contributed by atoms with van der Waals surface area (Å²) in [6.07, 6.45) is -0.586. The van der Waals surface area contributed by atoms with Crippen LogP contribution in [0.15, 0.2) is 42.5 Å². The smallest absolute Gasteiger partial charge is 0.265 e. The van der Waals surface area contributed by atoms with Crippen molar-refractivity contribution in [2.45, 2.75) is 39.7 Å². The number of rotatable bonds is 5. The maximum absolute atomic E-state index is 12.3. The van der Waals surface area contributed by atoms with Gasteiger partial charge in [0.25, 0.3) is 5.91 Å². The number of carbonyl (C=O) groups is 1. The molecule has 3 N–H and O–H groups in total. The Morgan fingerprint density at radius 3 is 2.30 bits per heavy atom. The summed E-state index contributed by atoms with van der Waals surface area (Å²) in [4.78, 5) is 12.3. The second-order valence-corrected chi connectivity index (χ2v) is 6.05. The summed E-state index contributed by atoms with van der Waals surface area (Å²) >= 11 is 0. The molecule has 0 bridgehead atoms. The van der Waals surface area contributed by atoms with Crippen LogP contribution in [0.4, 0.5) is 11.4 Å². The van der Waals surface area contributed by atoms with Crippen molar-refractivity contribution in [1.29, 1.82) is 0 Å². The fourth-order valence-corrected chi connectivity index (χ4v) is 2.25. The monoisotopic (exact) mass is 312 g/mol. The number of nitrogen functional groups attached to an aromatic ring is 1. The molecule has 0 radical (unpaired) electrons. The van der Waals surface area contributed by atoms with Crippen LogP contribution < -0.4 is 15.8 Å². The zero-order valence-corrected chi connectivity index (χ0v) is 14.1. The highest BCUT2D eigenvalue weighted by molar-refractivity contribution is 5.94. The summed E-state index contributed by atoms with van der Waals surface area (Å²) in [5.74, 6) is 0.968. The molecule has 0 spiro atoms. The van der Waals surface area contributed by atoms with Crippen molar-refractivity contribution in [3.63, 3.8) is 0 Å². The number of ether oxygens (including phenoxy) is 1.